The number of hydrogen-bond acceptors (Lipinski definition) is 5. The molecule has 188 valence electrons. The van der Waals surface area contributed by atoms with E-state index in [4.69, 9.17) is 9.73 Å². The lowest BCUT2D eigenvalue weighted by Crippen LogP contribution is -2.54. The van der Waals surface area contributed by atoms with Gasteiger partial charge in [-0.1, -0.05) is 0 Å². The van der Waals surface area contributed by atoms with Crippen molar-refractivity contribution < 1.29 is 22.3 Å². The molecule has 0 saturated carbocycles. The minimum atomic E-state index is -4.48. The first-order valence-electron chi connectivity index (χ1n) is 10.6. The van der Waals surface area contributed by atoms with Crippen LogP contribution in [-0.4, -0.2) is 55.7 Å². The van der Waals surface area contributed by atoms with Gasteiger partial charge in [-0.2, -0.15) is 13.2 Å². The number of aliphatic imine (C=N–C) groups is 1. The van der Waals surface area contributed by atoms with Gasteiger partial charge in [-0.15, -0.1) is 24.8 Å². The molecule has 0 aliphatic carbocycles. The predicted octanol–water partition coefficient (Wildman–Crippen LogP) is 6.21. The van der Waals surface area contributed by atoms with Crippen LogP contribution in [0, 0.1) is 5.82 Å². The van der Waals surface area contributed by atoms with Gasteiger partial charge < -0.3 is 15.0 Å². The van der Waals surface area contributed by atoms with Crippen LogP contribution in [0.25, 0.3) is 0 Å². The van der Waals surface area contributed by atoms with Gasteiger partial charge >= 0.3 is 6.18 Å². The highest BCUT2D eigenvalue weighted by atomic mass is 35.5. The zero-order valence-electron chi connectivity index (χ0n) is 18.9. The van der Waals surface area contributed by atoms with Crippen molar-refractivity contribution in [2.45, 2.75) is 31.6 Å². The third-order valence-corrected chi connectivity index (χ3v) is 5.90. The van der Waals surface area contributed by atoms with Crippen LogP contribution < -0.4 is 5.32 Å². The van der Waals surface area contributed by atoms with E-state index in [9.17, 15) is 17.6 Å². The van der Waals surface area contributed by atoms with Crippen molar-refractivity contribution in [3.63, 3.8) is 0 Å². The Morgan fingerprint density at radius 2 is 1.82 bits per heavy atom. The largest absolute Gasteiger partial charge is 0.416 e. The second-order valence-corrected chi connectivity index (χ2v) is 8.12. The molecule has 1 N–H and O–H groups in total. The molecular weight excluding hydrogens is 495 g/mol. The molecule has 2 aliphatic rings. The lowest BCUT2D eigenvalue weighted by atomic mass is 10.0. The maximum atomic E-state index is 14.0. The molecule has 0 radical (unpaired) electrons. The molecule has 0 spiro atoms. The Morgan fingerprint density at radius 1 is 1.09 bits per heavy atom. The summed E-state index contributed by atoms with van der Waals surface area (Å²) >= 11 is 0. The molecule has 2 aliphatic heterocycles. The van der Waals surface area contributed by atoms with Crippen LogP contribution >= 0.6 is 24.8 Å². The molecular formula is C23H28Cl2F4N4O. The van der Waals surface area contributed by atoms with Gasteiger partial charge in [-0.3, -0.25) is 4.90 Å². The number of halogens is 6. The molecule has 2 aromatic rings. The Bertz CT molecular complexity index is 1020. The summed E-state index contributed by atoms with van der Waals surface area (Å²) in [6, 6.07) is 7.75. The smallest absolute Gasteiger partial charge is 0.385 e. The molecule has 0 bridgehead atoms. The summed E-state index contributed by atoms with van der Waals surface area (Å²) < 4.78 is 59.8. The normalized spacial score (nSPS) is 17.9. The van der Waals surface area contributed by atoms with Crippen LogP contribution in [0.2, 0.25) is 0 Å². The van der Waals surface area contributed by atoms with Gasteiger partial charge in [0.05, 0.1) is 23.1 Å². The second kappa shape index (κ2) is 11.6. The number of ether oxygens (including phenoxy) is 1. The summed E-state index contributed by atoms with van der Waals surface area (Å²) in [6.07, 6.45) is -2.14. The summed E-state index contributed by atoms with van der Waals surface area (Å²) in [5.74, 6) is -0.0417. The van der Waals surface area contributed by atoms with Crippen LogP contribution in [0.15, 0.2) is 41.4 Å². The number of alkyl halides is 3. The highest BCUT2D eigenvalue weighted by molar-refractivity contribution is 6.08. The fourth-order valence-electron chi connectivity index (χ4n) is 4.32. The fourth-order valence-corrected chi connectivity index (χ4v) is 4.32. The molecule has 2 heterocycles. The fraction of sp³-hybridized carbons (Fsp3) is 0.435. The van der Waals surface area contributed by atoms with Gasteiger partial charge in [0.15, 0.2) is 0 Å². The van der Waals surface area contributed by atoms with Crippen LogP contribution in [0.5, 0.6) is 0 Å². The molecule has 1 fully saturated rings. The van der Waals surface area contributed by atoms with Crippen LogP contribution in [-0.2, 0) is 10.9 Å². The van der Waals surface area contributed by atoms with Crippen molar-refractivity contribution in [3.05, 3.63) is 53.3 Å². The highest BCUT2D eigenvalue weighted by Crippen LogP contribution is 2.39. The third-order valence-electron chi connectivity index (χ3n) is 5.90. The van der Waals surface area contributed by atoms with Gasteiger partial charge in [-0.25, -0.2) is 9.38 Å². The summed E-state index contributed by atoms with van der Waals surface area (Å²) in [5, 5.41) is 3.15. The Morgan fingerprint density at radius 3 is 2.53 bits per heavy atom. The van der Waals surface area contributed by atoms with E-state index in [1.165, 1.54) is 18.2 Å². The van der Waals surface area contributed by atoms with Crippen molar-refractivity contribution in [2.75, 3.05) is 39.2 Å². The van der Waals surface area contributed by atoms with E-state index in [1.807, 2.05) is 11.9 Å². The number of anilines is 2. The Kier molecular flexibility index (Phi) is 9.59. The monoisotopic (exact) mass is 522 g/mol. The summed E-state index contributed by atoms with van der Waals surface area (Å²) in [6.45, 7) is 2.11. The van der Waals surface area contributed by atoms with Crippen molar-refractivity contribution >= 4 is 47.7 Å². The van der Waals surface area contributed by atoms with E-state index in [0.717, 1.165) is 37.9 Å². The van der Waals surface area contributed by atoms with Gasteiger partial charge in [0.25, 0.3) is 0 Å². The first kappa shape index (κ1) is 28.2. The van der Waals surface area contributed by atoms with Crippen molar-refractivity contribution in [1.29, 1.82) is 0 Å². The molecule has 2 aromatic carbocycles. The first-order chi connectivity index (χ1) is 15.3. The van der Waals surface area contributed by atoms with Crippen LogP contribution in [0.4, 0.5) is 34.6 Å². The number of methoxy groups -OCH3 is 1. The Balaban J connectivity index is 0.00000204. The summed E-state index contributed by atoms with van der Waals surface area (Å²) in [7, 11) is 3.64. The van der Waals surface area contributed by atoms with Gasteiger partial charge in [0.1, 0.15) is 11.7 Å². The molecule has 11 heteroatoms. The number of amidine groups is 1. The predicted molar refractivity (Wildman–Crippen MR) is 131 cm³/mol. The van der Waals surface area contributed by atoms with Gasteiger partial charge in [-0.05, 0) is 56.6 Å². The summed E-state index contributed by atoms with van der Waals surface area (Å²) in [4.78, 5) is 8.94. The number of rotatable bonds is 4. The molecule has 0 unspecified atom stereocenters. The molecule has 5 nitrogen and oxygen atoms in total. The second-order valence-electron chi connectivity index (χ2n) is 8.12. The maximum Gasteiger partial charge on any atom is 0.416 e. The number of nitrogens with one attached hydrogen (secondary N) is 1. The van der Waals surface area contributed by atoms with Crippen LogP contribution in [0.3, 0.4) is 0 Å². The molecule has 1 saturated heterocycles. The molecule has 34 heavy (non-hydrogen) atoms. The van der Waals surface area contributed by atoms with Gasteiger partial charge in [0, 0.05) is 44.1 Å². The lowest BCUT2D eigenvalue weighted by molar-refractivity contribution is -0.137. The molecule has 1 atom stereocenters. The van der Waals surface area contributed by atoms with Crippen LogP contribution in [0.1, 0.15) is 30.4 Å². The van der Waals surface area contributed by atoms with E-state index in [-0.39, 0.29) is 31.0 Å². The first-order valence-corrected chi connectivity index (χ1v) is 10.6. The average molecular weight is 523 g/mol. The number of hydrogen-bond donors (Lipinski definition) is 1. The van der Waals surface area contributed by atoms with Crippen molar-refractivity contribution in [3.8, 4) is 0 Å². The van der Waals surface area contributed by atoms with Gasteiger partial charge in [0.2, 0.25) is 0 Å². The zero-order chi connectivity index (χ0) is 22.9. The topological polar surface area (TPSA) is 40.1 Å². The number of nitrogens with zero attached hydrogens (tertiary/aromatic N) is 3. The van der Waals surface area contributed by atoms with E-state index in [1.54, 1.807) is 13.2 Å². The summed E-state index contributed by atoms with van der Waals surface area (Å²) in [5.41, 5.74) is 1.01. The van der Waals surface area contributed by atoms with Crippen molar-refractivity contribution in [1.82, 2.24) is 9.80 Å². The SMILES string of the molecule is COCCC[C@@H]1N(C)CCCN1C1=Nc2cc(F)ccc2Nc2ccc(C(F)(F)F)cc21.Cl.Cl. The zero-order valence-corrected chi connectivity index (χ0v) is 20.5. The minimum Gasteiger partial charge on any atom is -0.385 e. The average Bonchev–Trinajstić information content (AvgIpc) is 2.90. The standard InChI is InChI=1S/C23H26F4N4O.2ClH/c1-30-10-4-11-31(21(30)5-3-12-32-2)22-17-13-15(23(25,26)27)6-8-18(17)28-19-9-7-16(24)14-20(19)29-22;;/h6-9,13-14,21,28H,3-5,10-12H2,1-2H3;2*1H/t21-;;/m1../s1. The third kappa shape index (κ3) is 5.94. The van der Waals surface area contributed by atoms with Crippen molar-refractivity contribution in [2.24, 2.45) is 4.99 Å². The van der Waals surface area contributed by atoms with E-state index >= 15 is 0 Å². The molecule has 0 aromatic heterocycles. The molecule has 4 rings (SSSR count). The Labute approximate surface area is 209 Å². The Hall–Kier alpha value is -2.07. The highest BCUT2D eigenvalue weighted by Gasteiger charge is 2.35. The number of fused-ring (bicyclic) bond motifs is 2. The lowest BCUT2D eigenvalue weighted by Gasteiger charge is -2.44. The van der Waals surface area contributed by atoms with E-state index < -0.39 is 17.6 Å². The number of benzene rings is 2. The van der Waals surface area contributed by atoms with E-state index in [0.29, 0.717) is 41.6 Å². The maximum absolute atomic E-state index is 14.0. The quantitative estimate of drug-likeness (QED) is 0.382. The minimum absolute atomic E-state index is 0. The molecule has 0 amide bonds. The van der Waals surface area contributed by atoms with E-state index in [2.05, 4.69) is 10.2 Å².